The van der Waals surface area contributed by atoms with Gasteiger partial charge in [-0.25, -0.2) is 4.39 Å². The highest BCUT2D eigenvalue weighted by atomic mass is 19.4. The van der Waals surface area contributed by atoms with Gasteiger partial charge in [0.05, 0.1) is 5.56 Å². The number of hydrogen-bond acceptors (Lipinski definition) is 3. The van der Waals surface area contributed by atoms with Crippen LogP contribution >= 0.6 is 0 Å². The Morgan fingerprint density at radius 2 is 2.06 bits per heavy atom. The summed E-state index contributed by atoms with van der Waals surface area (Å²) in [6, 6.07) is 2.84. The predicted molar refractivity (Wildman–Crippen MR) is 55.4 cm³/mol. The van der Waals surface area contributed by atoms with Crippen molar-refractivity contribution in [1.29, 1.82) is 0 Å². The van der Waals surface area contributed by atoms with Crippen molar-refractivity contribution in [1.82, 2.24) is 0 Å². The fourth-order valence-corrected chi connectivity index (χ4v) is 1.24. The standard InChI is InChI=1S/C10H10F4N2O2/c11-3-4-18-8-2-1-6(9(15)16-17)5-7(8)10(12,13)14/h1-2,5,17H,3-4H2,(H2,15,16). The molecule has 18 heavy (non-hydrogen) atoms. The monoisotopic (exact) mass is 266 g/mol. The molecule has 0 aliphatic rings. The van der Waals surface area contributed by atoms with E-state index >= 15 is 0 Å². The smallest absolute Gasteiger partial charge is 0.419 e. The third kappa shape index (κ3) is 3.25. The quantitative estimate of drug-likeness (QED) is 0.288. The van der Waals surface area contributed by atoms with Crippen LogP contribution in [0, 0.1) is 0 Å². The number of oxime groups is 1. The van der Waals surface area contributed by atoms with Crippen molar-refractivity contribution in [2.75, 3.05) is 13.3 Å². The molecule has 3 N–H and O–H groups in total. The van der Waals surface area contributed by atoms with E-state index in [9.17, 15) is 17.6 Å². The van der Waals surface area contributed by atoms with Crippen molar-refractivity contribution < 1.29 is 27.5 Å². The number of nitrogens with zero attached hydrogens (tertiary/aromatic N) is 1. The number of halogens is 4. The van der Waals surface area contributed by atoms with Crippen LogP contribution in [0.25, 0.3) is 0 Å². The summed E-state index contributed by atoms with van der Waals surface area (Å²) >= 11 is 0. The van der Waals surface area contributed by atoms with E-state index in [0.29, 0.717) is 6.07 Å². The predicted octanol–water partition coefficient (Wildman–Crippen LogP) is 2.15. The summed E-state index contributed by atoms with van der Waals surface area (Å²) in [7, 11) is 0. The highest BCUT2D eigenvalue weighted by molar-refractivity contribution is 5.97. The van der Waals surface area contributed by atoms with Crippen LogP contribution in [0.2, 0.25) is 0 Å². The average molecular weight is 266 g/mol. The van der Waals surface area contributed by atoms with E-state index in [1.54, 1.807) is 0 Å². The number of benzene rings is 1. The van der Waals surface area contributed by atoms with Crippen molar-refractivity contribution >= 4 is 5.84 Å². The van der Waals surface area contributed by atoms with Crippen LogP contribution in [0.1, 0.15) is 11.1 Å². The van der Waals surface area contributed by atoms with Crippen LogP contribution in [-0.4, -0.2) is 24.3 Å². The van der Waals surface area contributed by atoms with Crippen molar-refractivity contribution in [2.45, 2.75) is 6.18 Å². The molecule has 0 saturated heterocycles. The van der Waals surface area contributed by atoms with Crippen LogP contribution in [-0.2, 0) is 6.18 Å². The minimum absolute atomic E-state index is 0.113. The second-order valence-electron chi connectivity index (χ2n) is 3.23. The second kappa shape index (κ2) is 5.56. The Bertz CT molecular complexity index is 446. The molecule has 0 amide bonds. The van der Waals surface area contributed by atoms with Gasteiger partial charge in [-0.1, -0.05) is 5.16 Å². The van der Waals surface area contributed by atoms with E-state index in [1.165, 1.54) is 6.07 Å². The number of rotatable bonds is 4. The van der Waals surface area contributed by atoms with Gasteiger partial charge >= 0.3 is 6.18 Å². The average Bonchev–Trinajstić information content (AvgIpc) is 2.34. The topological polar surface area (TPSA) is 67.8 Å². The zero-order valence-electron chi connectivity index (χ0n) is 9.04. The molecule has 1 aromatic carbocycles. The van der Waals surface area contributed by atoms with Crippen LogP contribution < -0.4 is 10.5 Å². The van der Waals surface area contributed by atoms with Gasteiger partial charge in [0.25, 0.3) is 0 Å². The Morgan fingerprint density at radius 1 is 1.39 bits per heavy atom. The lowest BCUT2D eigenvalue weighted by atomic mass is 10.1. The van der Waals surface area contributed by atoms with Gasteiger partial charge in [-0.3, -0.25) is 0 Å². The Kier molecular flexibility index (Phi) is 4.35. The molecular weight excluding hydrogens is 256 g/mol. The maximum Gasteiger partial charge on any atom is 0.419 e. The summed E-state index contributed by atoms with van der Waals surface area (Å²) in [6.45, 7) is -1.38. The highest BCUT2D eigenvalue weighted by Gasteiger charge is 2.35. The molecular formula is C10H10F4N2O2. The fraction of sp³-hybridized carbons (Fsp3) is 0.300. The molecule has 4 nitrogen and oxygen atoms in total. The summed E-state index contributed by atoms with van der Waals surface area (Å²) in [4.78, 5) is 0. The number of nitrogens with two attached hydrogens (primary N) is 1. The summed E-state index contributed by atoms with van der Waals surface area (Å²) in [5, 5.41) is 11.0. The van der Waals surface area contributed by atoms with Gasteiger partial charge < -0.3 is 15.7 Å². The van der Waals surface area contributed by atoms with Gasteiger partial charge in [0, 0.05) is 5.56 Å². The third-order valence-corrected chi connectivity index (χ3v) is 2.02. The molecule has 1 rings (SSSR count). The Labute approximate surface area is 99.7 Å². The first-order valence-electron chi connectivity index (χ1n) is 4.78. The summed E-state index contributed by atoms with van der Waals surface area (Å²) < 4.78 is 54.7. The zero-order chi connectivity index (χ0) is 13.8. The Morgan fingerprint density at radius 3 is 2.56 bits per heavy atom. The van der Waals surface area contributed by atoms with Gasteiger partial charge in [-0.05, 0) is 18.2 Å². The minimum atomic E-state index is -4.68. The van der Waals surface area contributed by atoms with Crippen molar-refractivity contribution in [3.63, 3.8) is 0 Å². The number of amidine groups is 1. The van der Waals surface area contributed by atoms with Crippen molar-refractivity contribution in [3.8, 4) is 5.75 Å². The lowest BCUT2D eigenvalue weighted by Crippen LogP contribution is -2.16. The molecule has 0 bridgehead atoms. The van der Waals surface area contributed by atoms with Crippen LogP contribution in [0.15, 0.2) is 23.4 Å². The largest absolute Gasteiger partial charge is 0.490 e. The molecule has 0 aromatic heterocycles. The van der Waals surface area contributed by atoms with E-state index in [2.05, 4.69) is 9.89 Å². The van der Waals surface area contributed by atoms with Crippen LogP contribution in [0.3, 0.4) is 0 Å². The molecule has 0 heterocycles. The van der Waals surface area contributed by atoms with Gasteiger partial charge in [0.2, 0.25) is 0 Å². The molecule has 100 valence electrons. The van der Waals surface area contributed by atoms with Gasteiger partial charge in [-0.15, -0.1) is 0 Å². The highest BCUT2D eigenvalue weighted by Crippen LogP contribution is 2.36. The first-order valence-corrected chi connectivity index (χ1v) is 4.78. The summed E-state index contributed by atoms with van der Waals surface area (Å²) in [6.07, 6.45) is -4.68. The van der Waals surface area contributed by atoms with Crippen LogP contribution in [0.4, 0.5) is 17.6 Å². The van der Waals surface area contributed by atoms with E-state index in [1.807, 2.05) is 0 Å². The lowest BCUT2D eigenvalue weighted by Gasteiger charge is -2.14. The Balaban J connectivity index is 3.21. The Hall–Kier alpha value is -1.99. The second-order valence-corrected chi connectivity index (χ2v) is 3.23. The maximum absolute atomic E-state index is 12.7. The molecule has 0 saturated carbocycles. The van der Waals surface area contributed by atoms with Gasteiger partial charge in [0.1, 0.15) is 19.0 Å². The van der Waals surface area contributed by atoms with Gasteiger partial charge in [0.15, 0.2) is 5.84 Å². The molecule has 0 atom stereocenters. The normalized spacial score (nSPS) is 12.6. The van der Waals surface area contributed by atoms with Gasteiger partial charge in [-0.2, -0.15) is 13.2 Å². The summed E-state index contributed by atoms with van der Waals surface area (Å²) in [5.41, 5.74) is 3.96. The van der Waals surface area contributed by atoms with Crippen molar-refractivity contribution in [2.24, 2.45) is 10.9 Å². The first-order chi connectivity index (χ1) is 8.40. The molecule has 1 aromatic rings. The van der Waals surface area contributed by atoms with Crippen LogP contribution in [0.5, 0.6) is 5.75 Å². The summed E-state index contributed by atoms with van der Waals surface area (Å²) in [5.74, 6) is -0.966. The van der Waals surface area contributed by atoms with E-state index in [4.69, 9.17) is 10.9 Å². The molecule has 0 spiro atoms. The molecule has 0 aliphatic heterocycles. The number of ether oxygens (including phenoxy) is 1. The minimum Gasteiger partial charge on any atom is -0.490 e. The molecule has 0 radical (unpaired) electrons. The number of alkyl halides is 4. The third-order valence-electron chi connectivity index (χ3n) is 2.02. The van der Waals surface area contributed by atoms with E-state index in [-0.39, 0.29) is 5.56 Å². The fourth-order valence-electron chi connectivity index (χ4n) is 1.24. The first kappa shape index (κ1) is 14.1. The van der Waals surface area contributed by atoms with Crippen molar-refractivity contribution in [3.05, 3.63) is 29.3 Å². The molecule has 0 fully saturated rings. The van der Waals surface area contributed by atoms with E-state index < -0.39 is 36.6 Å². The maximum atomic E-state index is 12.7. The lowest BCUT2D eigenvalue weighted by molar-refractivity contribution is -0.139. The molecule has 8 heteroatoms. The zero-order valence-corrected chi connectivity index (χ0v) is 9.04. The molecule has 0 unspecified atom stereocenters. The number of hydrogen-bond donors (Lipinski definition) is 2. The SMILES string of the molecule is N/C(=N/O)c1ccc(OCCF)c(C(F)(F)F)c1. The molecule has 0 aliphatic carbocycles. The van der Waals surface area contributed by atoms with E-state index in [0.717, 1.165) is 6.07 Å².